The van der Waals surface area contributed by atoms with E-state index in [4.69, 9.17) is 9.57 Å². The monoisotopic (exact) mass is 419 g/mol. The molecule has 0 saturated carbocycles. The highest BCUT2D eigenvalue weighted by Crippen LogP contribution is 2.34. The Labute approximate surface area is 165 Å². The molecule has 29 heavy (non-hydrogen) atoms. The van der Waals surface area contributed by atoms with Crippen LogP contribution in [-0.4, -0.2) is 79.2 Å². The third kappa shape index (κ3) is 4.32. The number of anilines is 2. The summed E-state index contributed by atoms with van der Waals surface area (Å²) < 4.78 is 47.6. The molecule has 2 unspecified atom stereocenters. The molecule has 0 aromatic carbocycles. The van der Waals surface area contributed by atoms with Crippen LogP contribution in [0.25, 0.3) is 0 Å². The third-order valence-electron chi connectivity index (χ3n) is 5.20. The maximum atomic E-state index is 13.7. The maximum Gasteiger partial charge on any atom is 0.408 e. The quantitative estimate of drug-likeness (QED) is 0.663. The lowest BCUT2D eigenvalue weighted by Crippen LogP contribution is -2.55. The van der Waals surface area contributed by atoms with Crippen molar-refractivity contribution in [2.45, 2.75) is 38.1 Å². The molecule has 12 heteroatoms. The van der Waals surface area contributed by atoms with Gasteiger partial charge in [0, 0.05) is 26.2 Å². The molecule has 2 atom stereocenters. The molecule has 1 aromatic rings. The molecule has 1 fully saturated rings. The molecule has 1 amide bonds. The van der Waals surface area contributed by atoms with Crippen LogP contribution in [0.5, 0.6) is 0 Å². The predicted octanol–water partition coefficient (Wildman–Crippen LogP) is 0.629. The fraction of sp³-hybridized carbons (Fsp3) is 0.706. The molecule has 1 aromatic heterocycles. The number of hydroxylamine groups is 2. The van der Waals surface area contributed by atoms with Gasteiger partial charge in [0.25, 0.3) is 11.5 Å². The Balaban J connectivity index is 2.05. The van der Waals surface area contributed by atoms with Crippen LogP contribution in [-0.2, 0) is 20.9 Å². The molecule has 3 rings (SSSR count). The normalized spacial score (nSPS) is 22.4. The number of carbonyl (C=O) groups is 1. The fourth-order valence-corrected chi connectivity index (χ4v) is 3.54. The van der Waals surface area contributed by atoms with Crippen LogP contribution in [0.1, 0.15) is 13.3 Å². The van der Waals surface area contributed by atoms with Gasteiger partial charge in [0.2, 0.25) is 5.95 Å². The molecule has 0 N–H and O–H groups in total. The second kappa shape index (κ2) is 8.19. The molecule has 2 aliphatic rings. The zero-order valence-corrected chi connectivity index (χ0v) is 16.5. The minimum absolute atomic E-state index is 0.0876. The standard InChI is InChI=1S/C17H24F3N5O4/c1-11-10-29-7-6-23(11)13-8-14(26)24-5-4-12(17(18,19)20)25(16(24)21-13)9-15(27)22(2)28-3/h8,11-12H,4-7,9-10H2,1-3H3. The van der Waals surface area contributed by atoms with E-state index in [1.807, 2.05) is 11.8 Å². The van der Waals surface area contributed by atoms with Crippen molar-refractivity contribution in [3.63, 3.8) is 0 Å². The molecule has 0 radical (unpaired) electrons. The lowest BCUT2D eigenvalue weighted by Gasteiger charge is -2.40. The Kier molecular flexibility index (Phi) is 6.03. The van der Waals surface area contributed by atoms with Crippen molar-refractivity contribution in [2.24, 2.45) is 0 Å². The van der Waals surface area contributed by atoms with Crippen LogP contribution in [0.2, 0.25) is 0 Å². The highest BCUT2D eigenvalue weighted by atomic mass is 19.4. The van der Waals surface area contributed by atoms with Gasteiger partial charge in [-0.1, -0.05) is 0 Å². The number of fused-ring (bicyclic) bond motifs is 1. The Morgan fingerprint density at radius 1 is 1.41 bits per heavy atom. The highest BCUT2D eigenvalue weighted by Gasteiger charge is 2.47. The fourth-order valence-electron chi connectivity index (χ4n) is 3.54. The van der Waals surface area contributed by atoms with E-state index in [0.29, 0.717) is 19.8 Å². The van der Waals surface area contributed by atoms with Crippen LogP contribution < -0.4 is 15.4 Å². The van der Waals surface area contributed by atoms with E-state index in [-0.39, 0.29) is 30.8 Å². The van der Waals surface area contributed by atoms with Crippen molar-refractivity contribution in [3.8, 4) is 0 Å². The Bertz CT molecular complexity index is 815. The number of hydrogen-bond donors (Lipinski definition) is 0. The molecule has 1 saturated heterocycles. The number of aromatic nitrogens is 2. The predicted molar refractivity (Wildman–Crippen MR) is 97.7 cm³/mol. The molecule has 0 aliphatic carbocycles. The van der Waals surface area contributed by atoms with E-state index in [2.05, 4.69) is 4.98 Å². The Hall–Kier alpha value is -2.34. The minimum atomic E-state index is -4.59. The topological polar surface area (TPSA) is 80.1 Å². The summed E-state index contributed by atoms with van der Waals surface area (Å²) in [5, 5.41) is 0.846. The van der Waals surface area contributed by atoms with Crippen molar-refractivity contribution in [1.29, 1.82) is 0 Å². The van der Waals surface area contributed by atoms with Crippen LogP contribution in [0.4, 0.5) is 24.9 Å². The average Bonchev–Trinajstić information content (AvgIpc) is 2.67. The first-order valence-electron chi connectivity index (χ1n) is 9.23. The number of likely N-dealkylation sites (N-methyl/N-ethyl adjacent to an activating group) is 1. The van der Waals surface area contributed by atoms with Crippen LogP contribution in [0.15, 0.2) is 10.9 Å². The Morgan fingerprint density at radius 3 is 2.76 bits per heavy atom. The van der Waals surface area contributed by atoms with Gasteiger partial charge in [-0.3, -0.25) is 19.0 Å². The SMILES string of the molecule is CON(C)C(=O)CN1c2nc(N3CCOCC3C)cc(=O)n2CCC1C(F)(F)F. The summed E-state index contributed by atoms with van der Waals surface area (Å²) in [5.74, 6) is -0.579. The van der Waals surface area contributed by atoms with E-state index in [9.17, 15) is 22.8 Å². The van der Waals surface area contributed by atoms with Gasteiger partial charge in [-0.25, -0.2) is 5.06 Å². The first kappa shape index (κ1) is 21.4. The molecule has 0 spiro atoms. The van der Waals surface area contributed by atoms with Gasteiger partial charge in [-0.15, -0.1) is 0 Å². The third-order valence-corrected chi connectivity index (χ3v) is 5.20. The van der Waals surface area contributed by atoms with Gasteiger partial charge >= 0.3 is 6.18 Å². The van der Waals surface area contributed by atoms with Gasteiger partial charge in [0.15, 0.2) is 0 Å². The van der Waals surface area contributed by atoms with E-state index >= 15 is 0 Å². The van der Waals surface area contributed by atoms with Crippen molar-refractivity contribution in [1.82, 2.24) is 14.6 Å². The first-order valence-corrected chi connectivity index (χ1v) is 9.23. The van der Waals surface area contributed by atoms with Crippen molar-refractivity contribution in [3.05, 3.63) is 16.4 Å². The molecular weight excluding hydrogens is 395 g/mol. The van der Waals surface area contributed by atoms with Gasteiger partial charge in [0.05, 0.1) is 26.4 Å². The number of alkyl halides is 3. The smallest absolute Gasteiger partial charge is 0.377 e. The lowest BCUT2D eigenvalue weighted by molar-refractivity contribution is -0.169. The van der Waals surface area contributed by atoms with E-state index in [0.717, 1.165) is 9.96 Å². The molecule has 9 nitrogen and oxygen atoms in total. The lowest BCUT2D eigenvalue weighted by atomic mass is 10.1. The number of rotatable bonds is 4. The summed E-state index contributed by atoms with van der Waals surface area (Å²) in [4.78, 5) is 36.8. The highest BCUT2D eigenvalue weighted by molar-refractivity contribution is 5.80. The van der Waals surface area contributed by atoms with Crippen LogP contribution in [0.3, 0.4) is 0 Å². The van der Waals surface area contributed by atoms with E-state index in [1.165, 1.54) is 24.8 Å². The number of morpholine rings is 1. The van der Waals surface area contributed by atoms with Crippen molar-refractivity contribution >= 4 is 17.7 Å². The zero-order valence-electron chi connectivity index (χ0n) is 16.5. The molecule has 0 bridgehead atoms. The number of carbonyl (C=O) groups excluding carboxylic acids is 1. The zero-order chi connectivity index (χ0) is 21.3. The summed E-state index contributed by atoms with van der Waals surface area (Å²) in [5.41, 5.74) is -0.457. The molecular formula is C17H24F3N5O4. The van der Waals surface area contributed by atoms with Crippen LogP contribution in [0, 0.1) is 0 Å². The number of nitrogens with zero attached hydrogens (tertiary/aromatic N) is 5. The summed E-state index contributed by atoms with van der Waals surface area (Å²) in [6.45, 7) is 2.44. The number of hydrogen-bond acceptors (Lipinski definition) is 7. The maximum absolute atomic E-state index is 13.7. The van der Waals surface area contributed by atoms with E-state index in [1.54, 1.807) is 0 Å². The second-order valence-electron chi connectivity index (χ2n) is 7.07. The van der Waals surface area contributed by atoms with Gasteiger partial charge in [-0.05, 0) is 13.3 Å². The van der Waals surface area contributed by atoms with Gasteiger partial charge < -0.3 is 14.5 Å². The summed E-state index contributed by atoms with van der Waals surface area (Å²) >= 11 is 0. The van der Waals surface area contributed by atoms with Crippen LogP contribution >= 0.6 is 0 Å². The Morgan fingerprint density at radius 2 is 2.14 bits per heavy atom. The number of halogens is 3. The summed E-state index contributed by atoms with van der Waals surface area (Å²) in [7, 11) is 2.55. The second-order valence-corrected chi connectivity index (χ2v) is 7.07. The van der Waals surface area contributed by atoms with Gasteiger partial charge in [-0.2, -0.15) is 18.2 Å². The minimum Gasteiger partial charge on any atom is -0.377 e. The molecule has 2 aliphatic heterocycles. The number of amides is 1. The largest absolute Gasteiger partial charge is 0.408 e. The van der Waals surface area contributed by atoms with Gasteiger partial charge in [0.1, 0.15) is 18.4 Å². The molecule has 3 heterocycles. The average molecular weight is 419 g/mol. The van der Waals surface area contributed by atoms with E-state index < -0.39 is 30.2 Å². The van der Waals surface area contributed by atoms with Crippen molar-refractivity contribution < 1.29 is 27.5 Å². The first-order chi connectivity index (χ1) is 13.6. The summed E-state index contributed by atoms with van der Waals surface area (Å²) in [6, 6.07) is -0.697. The summed E-state index contributed by atoms with van der Waals surface area (Å²) in [6.07, 6.45) is -4.94. The number of ether oxygens (including phenoxy) is 1. The molecule has 162 valence electrons. The van der Waals surface area contributed by atoms with Crippen molar-refractivity contribution in [2.75, 3.05) is 50.3 Å².